The van der Waals surface area contributed by atoms with E-state index in [0.29, 0.717) is 21.8 Å². The maximum Gasteiger partial charge on any atom is 0.233 e. The van der Waals surface area contributed by atoms with Gasteiger partial charge in [-0.1, -0.05) is 41.3 Å². The van der Waals surface area contributed by atoms with Crippen LogP contribution in [0.25, 0.3) is 5.69 Å². The van der Waals surface area contributed by atoms with E-state index >= 15 is 0 Å². The molecule has 1 aliphatic rings. The van der Waals surface area contributed by atoms with Gasteiger partial charge in [0, 0.05) is 12.1 Å². The maximum absolute atomic E-state index is 12.6. The summed E-state index contributed by atoms with van der Waals surface area (Å²) in [6, 6.07) is 10.5. The molecule has 0 saturated carbocycles. The fourth-order valence-electron chi connectivity index (χ4n) is 3.16. The molecule has 24 heavy (non-hydrogen) atoms. The van der Waals surface area contributed by atoms with E-state index in [0.717, 1.165) is 22.9 Å². The number of likely N-dealkylation sites (tertiary alicyclic amines) is 1. The summed E-state index contributed by atoms with van der Waals surface area (Å²) >= 11 is 8.35. The Hall–Kier alpha value is -1.18. The number of piperidine rings is 1. The number of hydrogen-bond donors (Lipinski definition) is 0. The van der Waals surface area contributed by atoms with Crippen LogP contribution in [0.2, 0.25) is 0 Å². The number of para-hydroxylation sites is 1. The summed E-state index contributed by atoms with van der Waals surface area (Å²) in [5.74, 6) is 0.623. The molecule has 0 bridgehead atoms. The highest BCUT2D eigenvalue weighted by Crippen LogP contribution is 2.27. The molecule has 2 atom stereocenters. The maximum atomic E-state index is 12.6. The Bertz CT molecular complexity index is 746. The molecule has 1 aromatic carbocycles. The molecule has 2 aromatic rings. The molecule has 0 aliphatic carbocycles. The highest BCUT2D eigenvalue weighted by atomic mass is 32.2. The van der Waals surface area contributed by atoms with Gasteiger partial charge in [-0.2, -0.15) is 0 Å². The molecule has 1 fully saturated rings. The van der Waals surface area contributed by atoms with E-state index in [1.807, 2.05) is 35.2 Å². The summed E-state index contributed by atoms with van der Waals surface area (Å²) in [6.45, 7) is 4.29. The zero-order valence-electron chi connectivity index (χ0n) is 13.8. The zero-order valence-corrected chi connectivity index (χ0v) is 16.3. The fraction of sp³-hybridized carbons (Fsp3) is 0.471. The average Bonchev–Trinajstić information content (AvgIpc) is 2.94. The monoisotopic (exact) mass is 379 g/mol. The molecule has 0 unspecified atom stereocenters. The lowest BCUT2D eigenvalue weighted by Crippen LogP contribution is -2.48. The number of carbonyl (C=O) groups is 1. The van der Waals surface area contributed by atoms with Crippen LogP contribution in [0.15, 0.2) is 34.7 Å². The first-order chi connectivity index (χ1) is 11.6. The first-order valence-electron chi connectivity index (χ1n) is 8.16. The summed E-state index contributed by atoms with van der Waals surface area (Å²) < 4.78 is 3.31. The van der Waals surface area contributed by atoms with Gasteiger partial charge in [0.05, 0.1) is 11.4 Å². The Morgan fingerprint density at radius 2 is 1.96 bits per heavy atom. The number of amides is 1. The van der Waals surface area contributed by atoms with Crippen LogP contribution in [0, 0.1) is 3.95 Å². The average molecular weight is 380 g/mol. The van der Waals surface area contributed by atoms with Crippen molar-refractivity contribution < 1.29 is 4.79 Å². The van der Waals surface area contributed by atoms with E-state index in [2.05, 4.69) is 18.9 Å². The summed E-state index contributed by atoms with van der Waals surface area (Å²) in [6.07, 6.45) is 3.41. The third kappa shape index (κ3) is 3.90. The normalized spacial score (nSPS) is 21.0. The molecule has 0 N–H and O–H groups in total. The van der Waals surface area contributed by atoms with Crippen molar-refractivity contribution in [2.24, 2.45) is 0 Å². The molecule has 0 spiro atoms. The second-order valence-corrected chi connectivity index (χ2v) is 8.94. The minimum Gasteiger partial charge on any atom is -0.337 e. The predicted octanol–water partition coefficient (Wildman–Crippen LogP) is 4.54. The van der Waals surface area contributed by atoms with Crippen molar-refractivity contribution in [2.45, 2.75) is 49.5 Å². The number of rotatable bonds is 4. The first kappa shape index (κ1) is 17.6. The lowest BCUT2D eigenvalue weighted by Gasteiger charge is -2.39. The minimum atomic E-state index is 0.201. The number of aromatic nitrogens is 2. The van der Waals surface area contributed by atoms with Gasteiger partial charge in [-0.15, -0.1) is 5.10 Å². The highest BCUT2D eigenvalue weighted by molar-refractivity contribution is 8.01. The van der Waals surface area contributed by atoms with Crippen molar-refractivity contribution in [2.75, 3.05) is 5.75 Å². The van der Waals surface area contributed by atoms with Gasteiger partial charge in [-0.3, -0.25) is 4.79 Å². The third-order valence-electron chi connectivity index (χ3n) is 4.33. The molecule has 1 aromatic heterocycles. The highest BCUT2D eigenvalue weighted by Gasteiger charge is 2.28. The molecule has 1 amide bonds. The van der Waals surface area contributed by atoms with Crippen LogP contribution in [0.5, 0.6) is 0 Å². The quantitative estimate of drug-likeness (QED) is 0.577. The smallest absolute Gasteiger partial charge is 0.233 e. The first-order valence-corrected chi connectivity index (χ1v) is 10.4. The van der Waals surface area contributed by atoms with Crippen LogP contribution in [0.1, 0.15) is 33.1 Å². The lowest BCUT2D eigenvalue weighted by atomic mass is 9.98. The molecule has 7 heteroatoms. The Morgan fingerprint density at radius 1 is 1.29 bits per heavy atom. The molecule has 1 saturated heterocycles. The van der Waals surface area contributed by atoms with Crippen molar-refractivity contribution in [3.05, 3.63) is 34.3 Å². The Morgan fingerprint density at radius 3 is 2.62 bits per heavy atom. The van der Waals surface area contributed by atoms with E-state index in [-0.39, 0.29) is 5.91 Å². The van der Waals surface area contributed by atoms with E-state index in [9.17, 15) is 4.79 Å². The Kier molecular flexibility index (Phi) is 5.73. The third-order valence-corrected chi connectivity index (χ3v) is 6.68. The van der Waals surface area contributed by atoms with Crippen molar-refractivity contribution in [3.8, 4) is 5.69 Å². The van der Waals surface area contributed by atoms with Crippen LogP contribution in [-0.2, 0) is 4.79 Å². The van der Waals surface area contributed by atoms with Crippen molar-refractivity contribution >= 4 is 41.2 Å². The molecular formula is C17H21N3OS3. The number of hydrogen-bond acceptors (Lipinski definition) is 5. The number of nitrogens with zero attached hydrogens (tertiary/aromatic N) is 3. The van der Waals surface area contributed by atoms with Gasteiger partial charge in [0.25, 0.3) is 0 Å². The van der Waals surface area contributed by atoms with E-state index in [1.54, 1.807) is 4.68 Å². The lowest BCUT2D eigenvalue weighted by molar-refractivity contribution is -0.134. The van der Waals surface area contributed by atoms with Crippen molar-refractivity contribution in [3.63, 3.8) is 0 Å². The largest absolute Gasteiger partial charge is 0.337 e. The molecule has 128 valence electrons. The standard InChI is InChI=1S/C17H21N3OS3/c1-12-7-6-8-13(2)19(12)15(21)11-23-16-18-20(17(22)24-16)14-9-4-3-5-10-14/h3-5,9-10,12-13H,6-8,11H2,1-2H3/t12-,13+. The Labute approximate surface area is 155 Å². The fourth-order valence-corrected chi connectivity index (χ4v) is 5.39. The summed E-state index contributed by atoms with van der Waals surface area (Å²) in [7, 11) is 0. The number of benzene rings is 1. The SMILES string of the molecule is C[C@@H]1CCC[C@H](C)N1C(=O)CSc1nn(-c2ccccc2)c(=S)s1. The minimum absolute atomic E-state index is 0.201. The summed E-state index contributed by atoms with van der Waals surface area (Å²) in [5.41, 5.74) is 0.954. The van der Waals surface area contributed by atoms with Gasteiger partial charge in [0.2, 0.25) is 5.91 Å². The summed E-state index contributed by atoms with van der Waals surface area (Å²) in [5, 5.41) is 4.56. The number of carbonyl (C=O) groups excluding carboxylic acids is 1. The van der Waals surface area contributed by atoms with Gasteiger partial charge in [-0.25, -0.2) is 4.68 Å². The molecule has 3 rings (SSSR count). The van der Waals surface area contributed by atoms with Gasteiger partial charge in [-0.05, 0) is 57.5 Å². The van der Waals surface area contributed by atoms with Crippen LogP contribution in [0.3, 0.4) is 0 Å². The van der Waals surface area contributed by atoms with Crippen LogP contribution < -0.4 is 0 Å². The zero-order chi connectivity index (χ0) is 17.1. The van der Waals surface area contributed by atoms with E-state index < -0.39 is 0 Å². The summed E-state index contributed by atoms with van der Waals surface area (Å²) in [4.78, 5) is 14.6. The second-order valence-electron chi connectivity index (χ2n) is 6.10. The second kappa shape index (κ2) is 7.80. The van der Waals surface area contributed by atoms with E-state index in [1.165, 1.54) is 29.5 Å². The van der Waals surface area contributed by atoms with Crippen LogP contribution in [0.4, 0.5) is 0 Å². The van der Waals surface area contributed by atoms with E-state index in [4.69, 9.17) is 12.2 Å². The van der Waals surface area contributed by atoms with Crippen LogP contribution in [-0.4, -0.2) is 38.4 Å². The van der Waals surface area contributed by atoms with Crippen LogP contribution >= 0.6 is 35.3 Å². The number of thioether (sulfide) groups is 1. The van der Waals surface area contributed by atoms with Gasteiger partial charge < -0.3 is 4.90 Å². The Balaban J connectivity index is 1.67. The molecule has 0 radical (unpaired) electrons. The van der Waals surface area contributed by atoms with Crippen molar-refractivity contribution in [1.82, 2.24) is 14.7 Å². The molecule has 1 aliphatic heterocycles. The topological polar surface area (TPSA) is 38.1 Å². The van der Waals surface area contributed by atoms with Gasteiger partial charge in [0.15, 0.2) is 8.29 Å². The molecular weight excluding hydrogens is 358 g/mol. The van der Waals surface area contributed by atoms with Gasteiger partial charge >= 0.3 is 0 Å². The molecule has 2 heterocycles. The predicted molar refractivity (Wildman–Crippen MR) is 103 cm³/mol. The van der Waals surface area contributed by atoms with Crippen molar-refractivity contribution in [1.29, 1.82) is 0 Å². The molecule has 4 nitrogen and oxygen atoms in total. The van der Waals surface area contributed by atoms with Gasteiger partial charge in [0.1, 0.15) is 0 Å².